The van der Waals surface area contributed by atoms with Crippen LogP contribution < -0.4 is 9.47 Å². The third-order valence-electron chi connectivity index (χ3n) is 4.80. The number of benzene rings is 1. The van der Waals surface area contributed by atoms with E-state index in [1.54, 1.807) is 0 Å². The second-order valence-corrected chi connectivity index (χ2v) is 7.33. The molecule has 2 N–H and O–H groups in total. The normalized spacial score (nSPS) is 16.2. The van der Waals surface area contributed by atoms with Crippen molar-refractivity contribution >= 4 is 11.9 Å². The molecule has 1 aromatic heterocycles. The highest BCUT2D eigenvalue weighted by Gasteiger charge is 2.15. The number of likely N-dealkylation sites (tertiary alicyclic amines) is 1. The van der Waals surface area contributed by atoms with E-state index >= 15 is 0 Å². The number of carbonyl (C=O) groups is 2. The van der Waals surface area contributed by atoms with Gasteiger partial charge in [0.05, 0.1) is 6.61 Å². The van der Waals surface area contributed by atoms with Gasteiger partial charge in [-0.15, -0.1) is 0 Å². The van der Waals surface area contributed by atoms with Crippen molar-refractivity contribution in [3.8, 4) is 16.9 Å². The molecular formula is C22H28N2O6. The predicted octanol–water partition coefficient (Wildman–Crippen LogP) is 2.64. The third kappa shape index (κ3) is 8.08. The molecule has 2 aromatic rings. The molecule has 162 valence electrons. The Morgan fingerprint density at radius 3 is 2.27 bits per heavy atom. The Bertz CT molecular complexity index is 795. The van der Waals surface area contributed by atoms with E-state index in [9.17, 15) is 5.21 Å². The molecular weight excluding hydrogens is 388 g/mol. The van der Waals surface area contributed by atoms with Crippen LogP contribution in [0.15, 0.2) is 48.8 Å². The summed E-state index contributed by atoms with van der Waals surface area (Å²) in [7, 11) is 0. The number of pyridine rings is 1. The maximum absolute atomic E-state index is 11.1. The highest BCUT2D eigenvalue weighted by molar-refractivity contribution is 6.27. The minimum Gasteiger partial charge on any atom is -0.619 e. The van der Waals surface area contributed by atoms with Gasteiger partial charge in [0.15, 0.2) is 12.4 Å². The van der Waals surface area contributed by atoms with Gasteiger partial charge in [-0.2, -0.15) is 4.73 Å². The van der Waals surface area contributed by atoms with E-state index in [1.165, 1.54) is 38.3 Å². The summed E-state index contributed by atoms with van der Waals surface area (Å²) in [6, 6.07) is 11.7. The molecule has 1 aliphatic heterocycles. The lowest BCUT2D eigenvalue weighted by molar-refractivity contribution is -0.605. The van der Waals surface area contributed by atoms with Crippen molar-refractivity contribution in [2.24, 2.45) is 5.92 Å². The summed E-state index contributed by atoms with van der Waals surface area (Å²) >= 11 is 0. The Hall–Kier alpha value is -3.13. The van der Waals surface area contributed by atoms with Crippen LogP contribution in [0.3, 0.4) is 0 Å². The van der Waals surface area contributed by atoms with E-state index in [4.69, 9.17) is 24.5 Å². The van der Waals surface area contributed by atoms with Crippen LogP contribution in [0.2, 0.25) is 0 Å². The second kappa shape index (κ2) is 11.8. The lowest BCUT2D eigenvalue weighted by Gasteiger charge is -2.30. The smallest absolute Gasteiger partial charge is 0.414 e. The molecule has 1 saturated heterocycles. The van der Waals surface area contributed by atoms with Crippen molar-refractivity contribution in [1.29, 1.82) is 0 Å². The summed E-state index contributed by atoms with van der Waals surface area (Å²) in [5, 5.41) is 25.9. The molecule has 30 heavy (non-hydrogen) atoms. The van der Waals surface area contributed by atoms with Crippen LogP contribution in [0.25, 0.3) is 11.1 Å². The molecule has 0 aliphatic carbocycles. The topological polar surface area (TPSA) is 114 Å². The number of hydrogen-bond acceptors (Lipinski definition) is 5. The Morgan fingerprint density at radius 2 is 1.70 bits per heavy atom. The molecule has 8 nitrogen and oxygen atoms in total. The summed E-state index contributed by atoms with van der Waals surface area (Å²) in [5.41, 5.74) is 2.12. The van der Waals surface area contributed by atoms with Crippen LogP contribution in [0.4, 0.5) is 0 Å². The van der Waals surface area contributed by atoms with Crippen molar-refractivity contribution in [3.63, 3.8) is 0 Å². The first-order chi connectivity index (χ1) is 14.3. The van der Waals surface area contributed by atoms with Gasteiger partial charge in [-0.25, -0.2) is 9.59 Å². The van der Waals surface area contributed by atoms with Crippen LogP contribution in [-0.2, 0) is 9.59 Å². The summed E-state index contributed by atoms with van der Waals surface area (Å²) in [5.74, 6) is -1.91. The number of hydrogen-bond donors (Lipinski definition) is 2. The SMILES string of the molecule is CC1CCCN(CCCOc2ccc(-c3cc[n+]([O-])cc3)cc2)C1.O=C(O)C(=O)O. The van der Waals surface area contributed by atoms with E-state index in [1.807, 2.05) is 36.4 Å². The molecule has 0 amide bonds. The number of ether oxygens (including phenoxy) is 1. The van der Waals surface area contributed by atoms with Gasteiger partial charge in [-0.1, -0.05) is 19.1 Å². The van der Waals surface area contributed by atoms with Crippen molar-refractivity contribution in [1.82, 2.24) is 4.90 Å². The van der Waals surface area contributed by atoms with Gasteiger partial charge in [0, 0.05) is 25.2 Å². The maximum Gasteiger partial charge on any atom is 0.414 e. The molecule has 0 bridgehead atoms. The summed E-state index contributed by atoms with van der Waals surface area (Å²) < 4.78 is 6.65. The number of nitrogens with zero attached hydrogens (tertiary/aromatic N) is 2. The molecule has 8 heteroatoms. The molecule has 1 aliphatic rings. The average Bonchev–Trinajstić information content (AvgIpc) is 2.73. The average molecular weight is 416 g/mol. The zero-order valence-electron chi connectivity index (χ0n) is 17.1. The highest BCUT2D eigenvalue weighted by Crippen LogP contribution is 2.21. The molecule has 0 saturated carbocycles. The molecule has 3 rings (SSSR count). The van der Waals surface area contributed by atoms with Gasteiger partial charge in [0.1, 0.15) is 5.75 Å². The molecule has 2 heterocycles. The minimum atomic E-state index is -1.82. The van der Waals surface area contributed by atoms with Gasteiger partial charge in [0.25, 0.3) is 0 Å². The van der Waals surface area contributed by atoms with Crippen molar-refractivity contribution in [3.05, 3.63) is 54.0 Å². The molecule has 1 aromatic carbocycles. The summed E-state index contributed by atoms with van der Waals surface area (Å²) in [6.07, 6.45) is 6.80. The zero-order valence-corrected chi connectivity index (χ0v) is 17.1. The zero-order chi connectivity index (χ0) is 21.9. The largest absolute Gasteiger partial charge is 0.619 e. The summed E-state index contributed by atoms with van der Waals surface area (Å²) in [6.45, 7) is 6.69. The fourth-order valence-electron chi connectivity index (χ4n) is 3.32. The first-order valence-corrected chi connectivity index (χ1v) is 9.96. The van der Waals surface area contributed by atoms with Crippen LogP contribution in [0.1, 0.15) is 26.2 Å². The summed E-state index contributed by atoms with van der Waals surface area (Å²) in [4.78, 5) is 20.8. The lowest BCUT2D eigenvalue weighted by Crippen LogP contribution is -2.35. The highest BCUT2D eigenvalue weighted by atomic mass is 16.5. The first kappa shape index (κ1) is 23.2. The fraction of sp³-hybridized carbons (Fsp3) is 0.409. The standard InChI is InChI=1S/C20H26N2O2.C2H2O4/c1-17-4-2-11-21(16-17)12-3-15-24-20-7-5-18(6-8-20)19-9-13-22(23)14-10-19;3-1(4)2(5)6/h5-10,13-14,17H,2-4,11-12,15-16H2,1H3;(H,3,4)(H,5,6). The molecule has 1 fully saturated rings. The number of aliphatic carboxylic acids is 2. The second-order valence-electron chi connectivity index (χ2n) is 7.33. The minimum absolute atomic E-state index is 0.756. The van der Waals surface area contributed by atoms with Gasteiger partial charge in [-0.3, -0.25) is 0 Å². The van der Waals surface area contributed by atoms with Crippen molar-refractivity contribution in [2.75, 3.05) is 26.2 Å². The predicted molar refractivity (Wildman–Crippen MR) is 111 cm³/mol. The molecule has 0 spiro atoms. The fourth-order valence-corrected chi connectivity index (χ4v) is 3.32. The molecule has 1 unspecified atom stereocenters. The Labute approximate surface area is 175 Å². The van der Waals surface area contributed by atoms with Crippen LogP contribution in [0.5, 0.6) is 5.75 Å². The maximum atomic E-state index is 11.1. The van der Waals surface area contributed by atoms with Gasteiger partial charge >= 0.3 is 11.9 Å². The van der Waals surface area contributed by atoms with E-state index in [0.717, 1.165) is 47.1 Å². The molecule has 0 radical (unpaired) electrons. The monoisotopic (exact) mass is 416 g/mol. The number of aromatic nitrogens is 1. The Morgan fingerprint density at radius 1 is 1.10 bits per heavy atom. The Balaban J connectivity index is 0.000000469. The van der Waals surface area contributed by atoms with Crippen molar-refractivity contribution < 1.29 is 29.3 Å². The van der Waals surface area contributed by atoms with Crippen LogP contribution in [-0.4, -0.2) is 53.3 Å². The number of carboxylic acids is 2. The quantitative estimate of drug-likeness (QED) is 0.322. The first-order valence-electron chi connectivity index (χ1n) is 9.96. The van der Waals surface area contributed by atoms with E-state index < -0.39 is 11.9 Å². The number of carboxylic acid groups (broad SMARTS) is 2. The van der Waals surface area contributed by atoms with E-state index in [2.05, 4.69) is 11.8 Å². The number of piperidine rings is 1. The van der Waals surface area contributed by atoms with Gasteiger partial charge in [-0.05, 0) is 55.0 Å². The third-order valence-corrected chi connectivity index (χ3v) is 4.80. The van der Waals surface area contributed by atoms with Gasteiger partial charge < -0.3 is 25.1 Å². The van der Waals surface area contributed by atoms with Crippen molar-refractivity contribution in [2.45, 2.75) is 26.2 Å². The van der Waals surface area contributed by atoms with Crippen LogP contribution >= 0.6 is 0 Å². The lowest BCUT2D eigenvalue weighted by atomic mass is 10.0. The van der Waals surface area contributed by atoms with E-state index in [-0.39, 0.29) is 0 Å². The van der Waals surface area contributed by atoms with E-state index in [0.29, 0.717) is 0 Å². The van der Waals surface area contributed by atoms with Gasteiger partial charge in [0.2, 0.25) is 0 Å². The van der Waals surface area contributed by atoms with Crippen LogP contribution in [0, 0.1) is 11.1 Å². The number of rotatable bonds is 6. The molecule has 1 atom stereocenters. The Kier molecular flexibility index (Phi) is 9.08.